The maximum atomic E-state index is 11.8. The maximum absolute atomic E-state index is 11.8. The Labute approximate surface area is 110 Å². The Morgan fingerprint density at radius 1 is 1.56 bits per heavy atom. The number of carbonyl (C=O) groups excluding carboxylic acids is 1. The van der Waals surface area contributed by atoms with Crippen LogP contribution in [0.1, 0.15) is 39.0 Å². The van der Waals surface area contributed by atoms with E-state index in [9.17, 15) is 4.79 Å². The fourth-order valence-electron chi connectivity index (χ4n) is 3.22. The highest BCUT2D eigenvalue weighted by molar-refractivity contribution is 5.80. The van der Waals surface area contributed by atoms with Gasteiger partial charge in [0.15, 0.2) is 0 Å². The maximum Gasteiger partial charge on any atom is 0.325 e. The van der Waals surface area contributed by atoms with Crippen molar-refractivity contribution in [3.63, 3.8) is 0 Å². The molecule has 2 rings (SSSR count). The number of hydrogen-bond donors (Lipinski definition) is 1. The monoisotopic (exact) mass is 254 g/mol. The topological polar surface area (TPSA) is 55.6 Å². The van der Waals surface area contributed by atoms with Gasteiger partial charge in [-0.25, -0.2) is 0 Å². The first-order valence-electron chi connectivity index (χ1n) is 7.04. The van der Waals surface area contributed by atoms with Crippen LogP contribution in [0.25, 0.3) is 0 Å². The molecular weight excluding hydrogens is 228 g/mol. The Bertz CT molecular complexity index is 321. The first-order chi connectivity index (χ1) is 8.46. The summed E-state index contributed by atoms with van der Waals surface area (Å²) in [6, 6.07) is 0.427. The van der Waals surface area contributed by atoms with E-state index in [1.807, 2.05) is 0 Å². The smallest absolute Gasteiger partial charge is 0.325 e. The number of nitrogens with two attached hydrogens (primary N) is 1. The normalized spacial score (nSPS) is 39.7. The molecule has 2 N–H and O–H groups in total. The van der Waals surface area contributed by atoms with Crippen molar-refractivity contribution in [1.29, 1.82) is 0 Å². The number of ether oxygens (including phenoxy) is 1. The van der Waals surface area contributed by atoms with Gasteiger partial charge in [0.05, 0.1) is 7.11 Å². The molecule has 4 heteroatoms. The van der Waals surface area contributed by atoms with Gasteiger partial charge >= 0.3 is 5.97 Å². The fourth-order valence-corrected chi connectivity index (χ4v) is 3.22. The van der Waals surface area contributed by atoms with Gasteiger partial charge in [0, 0.05) is 12.6 Å². The molecule has 0 aromatic carbocycles. The third-order valence-electron chi connectivity index (χ3n) is 4.77. The molecular formula is C14H26N2O2. The van der Waals surface area contributed by atoms with Crippen LogP contribution in [0.4, 0.5) is 0 Å². The van der Waals surface area contributed by atoms with Gasteiger partial charge < -0.3 is 15.4 Å². The molecule has 2 saturated carbocycles. The molecule has 18 heavy (non-hydrogen) atoms. The highest BCUT2D eigenvalue weighted by atomic mass is 16.5. The van der Waals surface area contributed by atoms with Crippen molar-refractivity contribution in [2.45, 2.75) is 50.6 Å². The Hall–Kier alpha value is -0.610. The van der Waals surface area contributed by atoms with Crippen molar-refractivity contribution in [1.82, 2.24) is 4.90 Å². The number of hydrogen-bond acceptors (Lipinski definition) is 4. The Balaban J connectivity index is 1.91. The minimum absolute atomic E-state index is 0.250. The predicted molar refractivity (Wildman–Crippen MR) is 71.1 cm³/mol. The van der Waals surface area contributed by atoms with E-state index >= 15 is 0 Å². The molecule has 0 spiro atoms. The van der Waals surface area contributed by atoms with E-state index < -0.39 is 5.54 Å². The first kappa shape index (κ1) is 13.8. The second-order valence-electron chi connectivity index (χ2n) is 6.31. The molecule has 0 bridgehead atoms. The van der Waals surface area contributed by atoms with Crippen LogP contribution < -0.4 is 5.73 Å². The van der Waals surface area contributed by atoms with Crippen LogP contribution in [-0.2, 0) is 9.53 Å². The number of esters is 1. The SMILES string of the molecule is COC(=O)C1(N)CCCC(N(C)CC2CC2C)C1. The van der Waals surface area contributed by atoms with E-state index in [0.717, 1.165) is 44.1 Å². The third-order valence-corrected chi connectivity index (χ3v) is 4.77. The van der Waals surface area contributed by atoms with Crippen molar-refractivity contribution in [3.8, 4) is 0 Å². The summed E-state index contributed by atoms with van der Waals surface area (Å²) in [5.74, 6) is 1.47. The predicted octanol–water partition coefficient (Wildman–Crippen LogP) is 1.39. The summed E-state index contributed by atoms with van der Waals surface area (Å²) in [4.78, 5) is 14.2. The lowest BCUT2D eigenvalue weighted by molar-refractivity contribution is -0.149. The average Bonchev–Trinajstić information content (AvgIpc) is 3.03. The van der Waals surface area contributed by atoms with Crippen LogP contribution in [0.15, 0.2) is 0 Å². The van der Waals surface area contributed by atoms with E-state index in [4.69, 9.17) is 10.5 Å². The summed E-state index contributed by atoms with van der Waals surface area (Å²) < 4.78 is 4.85. The van der Waals surface area contributed by atoms with Crippen LogP contribution in [0.5, 0.6) is 0 Å². The fraction of sp³-hybridized carbons (Fsp3) is 0.929. The quantitative estimate of drug-likeness (QED) is 0.770. The van der Waals surface area contributed by atoms with Gasteiger partial charge in [-0.1, -0.05) is 6.92 Å². The molecule has 0 aromatic heterocycles. The Kier molecular flexibility index (Phi) is 3.97. The highest BCUT2D eigenvalue weighted by Crippen LogP contribution is 2.39. The Morgan fingerprint density at radius 3 is 2.78 bits per heavy atom. The van der Waals surface area contributed by atoms with E-state index in [0.29, 0.717) is 6.04 Å². The van der Waals surface area contributed by atoms with Crippen LogP contribution >= 0.6 is 0 Å². The van der Waals surface area contributed by atoms with Crippen molar-refractivity contribution < 1.29 is 9.53 Å². The molecule has 4 unspecified atom stereocenters. The second-order valence-corrected chi connectivity index (χ2v) is 6.31. The van der Waals surface area contributed by atoms with Gasteiger partial charge in [0.1, 0.15) is 5.54 Å². The lowest BCUT2D eigenvalue weighted by atomic mass is 9.79. The number of nitrogens with zero attached hydrogens (tertiary/aromatic N) is 1. The van der Waals surface area contributed by atoms with Crippen molar-refractivity contribution in [2.24, 2.45) is 17.6 Å². The second kappa shape index (κ2) is 5.17. The standard InChI is InChI=1S/C14H26N2O2/c1-10-7-11(10)9-16(2)12-5-4-6-14(15,8-12)13(17)18-3/h10-12H,4-9,15H2,1-3H3. The lowest BCUT2D eigenvalue weighted by Gasteiger charge is -2.39. The Morgan fingerprint density at radius 2 is 2.22 bits per heavy atom. The number of rotatable bonds is 4. The average molecular weight is 254 g/mol. The summed E-state index contributed by atoms with van der Waals surface area (Å²) in [6.07, 6.45) is 5.00. The van der Waals surface area contributed by atoms with Gasteiger partial charge in [0.2, 0.25) is 0 Å². The minimum Gasteiger partial charge on any atom is -0.468 e. The van der Waals surface area contributed by atoms with Crippen LogP contribution in [0.3, 0.4) is 0 Å². The van der Waals surface area contributed by atoms with Crippen molar-refractivity contribution >= 4 is 5.97 Å². The molecule has 0 aliphatic heterocycles. The summed E-state index contributed by atoms with van der Waals surface area (Å²) in [5, 5.41) is 0. The lowest BCUT2D eigenvalue weighted by Crippen LogP contribution is -2.55. The summed E-state index contributed by atoms with van der Waals surface area (Å²) in [5.41, 5.74) is 5.45. The largest absolute Gasteiger partial charge is 0.468 e. The first-order valence-corrected chi connectivity index (χ1v) is 7.04. The van der Waals surface area contributed by atoms with Crippen molar-refractivity contribution in [2.75, 3.05) is 20.7 Å². The molecule has 4 atom stereocenters. The summed E-state index contributed by atoms with van der Waals surface area (Å²) >= 11 is 0. The zero-order valence-corrected chi connectivity index (χ0v) is 11.8. The molecule has 2 aliphatic rings. The number of carbonyl (C=O) groups is 1. The van der Waals surface area contributed by atoms with Gasteiger partial charge in [-0.05, 0) is 51.0 Å². The molecule has 2 aliphatic carbocycles. The van der Waals surface area contributed by atoms with Crippen LogP contribution in [-0.4, -0.2) is 43.2 Å². The highest BCUT2D eigenvalue weighted by Gasteiger charge is 2.42. The van der Waals surface area contributed by atoms with E-state index in [2.05, 4.69) is 18.9 Å². The molecule has 104 valence electrons. The zero-order valence-electron chi connectivity index (χ0n) is 11.8. The van der Waals surface area contributed by atoms with Crippen LogP contribution in [0.2, 0.25) is 0 Å². The van der Waals surface area contributed by atoms with Crippen molar-refractivity contribution in [3.05, 3.63) is 0 Å². The minimum atomic E-state index is -0.763. The molecule has 2 fully saturated rings. The van der Waals surface area contributed by atoms with E-state index in [-0.39, 0.29) is 5.97 Å². The van der Waals surface area contributed by atoms with E-state index in [1.165, 1.54) is 13.5 Å². The molecule has 0 amide bonds. The summed E-state index contributed by atoms with van der Waals surface area (Å²) in [6.45, 7) is 3.45. The summed E-state index contributed by atoms with van der Waals surface area (Å²) in [7, 11) is 3.59. The van der Waals surface area contributed by atoms with Gasteiger partial charge in [-0.2, -0.15) is 0 Å². The zero-order chi connectivity index (χ0) is 13.3. The molecule has 0 aromatic rings. The molecule has 0 heterocycles. The van der Waals surface area contributed by atoms with Gasteiger partial charge in [-0.3, -0.25) is 4.79 Å². The molecule has 0 saturated heterocycles. The number of methoxy groups -OCH3 is 1. The van der Waals surface area contributed by atoms with Gasteiger partial charge in [0.25, 0.3) is 0 Å². The van der Waals surface area contributed by atoms with Crippen LogP contribution in [0, 0.1) is 11.8 Å². The third kappa shape index (κ3) is 2.86. The molecule has 4 nitrogen and oxygen atoms in total. The van der Waals surface area contributed by atoms with Gasteiger partial charge in [-0.15, -0.1) is 0 Å². The van der Waals surface area contributed by atoms with E-state index in [1.54, 1.807) is 0 Å². The molecule has 0 radical (unpaired) electrons.